The third kappa shape index (κ3) is 3.37. The zero-order valence-electron chi connectivity index (χ0n) is 15.2. The van der Waals surface area contributed by atoms with E-state index in [2.05, 4.69) is 22.8 Å². The van der Waals surface area contributed by atoms with Crippen LogP contribution in [0.3, 0.4) is 0 Å². The van der Waals surface area contributed by atoms with E-state index in [9.17, 15) is 9.59 Å². The SMILES string of the molecule is CC1=C(C(=O)c2ccc(Cl)cc2)C(c2c(C)cc(C)cc2C)NC(=O)N1. The monoisotopic (exact) mass is 368 g/mol. The topological polar surface area (TPSA) is 58.2 Å². The van der Waals surface area contributed by atoms with Crippen molar-refractivity contribution in [1.82, 2.24) is 10.6 Å². The van der Waals surface area contributed by atoms with E-state index in [0.717, 1.165) is 22.3 Å². The Hall–Kier alpha value is -2.59. The summed E-state index contributed by atoms with van der Waals surface area (Å²) in [5.74, 6) is -0.129. The van der Waals surface area contributed by atoms with Crippen molar-refractivity contribution < 1.29 is 9.59 Å². The highest BCUT2D eigenvalue weighted by molar-refractivity contribution is 6.30. The predicted molar refractivity (Wildman–Crippen MR) is 104 cm³/mol. The summed E-state index contributed by atoms with van der Waals surface area (Å²) in [6, 6.07) is 10.1. The average Bonchev–Trinajstić information content (AvgIpc) is 2.53. The molecule has 0 radical (unpaired) electrons. The van der Waals surface area contributed by atoms with E-state index in [1.807, 2.05) is 20.8 Å². The maximum absolute atomic E-state index is 13.2. The van der Waals surface area contributed by atoms with Gasteiger partial charge in [-0.15, -0.1) is 0 Å². The second kappa shape index (κ2) is 6.96. The highest BCUT2D eigenvalue weighted by Gasteiger charge is 2.33. The molecule has 0 fully saturated rings. The summed E-state index contributed by atoms with van der Waals surface area (Å²) in [5, 5.41) is 6.22. The zero-order chi connectivity index (χ0) is 19.0. The van der Waals surface area contributed by atoms with Gasteiger partial charge in [0, 0.05) is 21.9 Å². The van der Waals surface area contributed by atoms with Crippen molar-refractivity contribution in [2.24, 2.45) is 0 Å². The molecule has 3 rings (SSSR count). The number of halogens is 1. The third-order valence-corrected chi connectivity index (χ3v) is 4.90. The second-order valence-corrected chi connectivity index (χ2v) is 7.15. The van der Waals surface area contributed by atoms with E-state index in [-0.39, 0.29) is 11.8 Å². The number of rotatable bonds is 3. The minimum absolute atomic E-state index is 0.129. The van der Waals surface area contributed by atoms with Gasteiger partial charge in [-0.1, -0.05) is 29.3 Å². The molecule has 2 N–H and O–H groups in total. The summed E-state index contributed by atoms with van der Waals surface area (Å²) in [6.07, 6.45) is 0. The Morgan fingerprint density at radius 1 is 1.00 bits per heavy atom. The van der Waals surface area contributed by atoms with E-state index in [4.69, 9.17) is 11.6 Å². The van der Waals surface area contributed by atoms with Crippen molar-refractivity contribution in [2.45, 2.75) is 33.7 Å². The molecule has 1 unspecified atom stereocenters. The summed E-state index contributed by atoms with van der Waals surface area (Å²) in [4.78, 5) is 25.3. The molecule has 134 valence electrons. The van der Waals surface area contributed by atoms with Gasteiger partial charge in [0.25, 0.3) is 0 Å². The largest absolute Gasteiger partial charge is 0.327 e. The minimum atomic E-state index is -0.493. The Bertz CT molecular complexity index is 907. The lowest BCUT2D eigenvalue weighted by molar-refractivity contribution is 0.102. The number of benzene rings is 2. The number of Topliss-reactive ketones (excluding diaryl/α,β-unsaturated/α-hetero) is 1. The molecular formula is C21H21ClN2O2. The fraction of sp³-hybridized carbons (Fsp3) is 0.238. The number of nitrogens with one attached hydrogen (secondary N) is 2. The molecule has 1 aliphatic rings. The van der Waals surface area contributed by atoms with Gasteiger partial charge in [-0.05, 0) is 68.7 Å². The fourth-order valence-electron chi connectivity index (χ4n) is 3.61. The van der Waals surface area contributed by atoms with Gasteiger partial charge in [0.15, 0.2) is 5.78 Å². The number of ketones is 1. The van der Waals surface area contributed by atoms with Crippen molar-refractivity contribution in [1.29, 1.82) is 0 Å². The lowest BCUT2D eigenvalue weighted by Crippen LogP contribution is -2.45. The van der Waals surface area contributed by atoms with Gasteiger partial charge in [0.2, 0.25) is 0 Å². The number of carbonyl (C=O) groups is 2. The number of amides is 2. The van der Waals surface area contributed by atoms with Crippen LogP contribution in [0, 0.1) is 20.8 Å². The molecule has 1 aliphatic heterocycles. The third-order valence-electron chi connectivity index (χ3n) is 4.65. The number of hydrogen-bond acceptors (Lipinski definition) is 2. The van der Waals surface area contributed by atoms with E-state index >= 15 is 0 Å². The Labute approximate surface area is 158 Å². The summed E-state index contributed by atoms with van der Waals surface area (Å²) in [5.41, 5.74) is 5.85. The van der Waals surface area contributed by atoms with Gasteiger partial charge in [-0.2, -0.15) is 0 Å². The molecule has 0 aliphatic carbocycles. The van der Waals surface area contributed by atoms with Crippen LogP contribution >= 0.6 is 11.6 Å². The van der Waals surface area contributed by atoms with Crippen LogP contribution in [-0.2, 0) is 0 Å². The molecule has 1 atom stereocenters. The lowest BCUT2D eigenvalue weighted by atomic mass is 9.85. The van der Waals surface area contributed by atoms with Crippen LogP contribution < -0.4 is 10.6 Å². The Morgan fingerprint density at radius 2 is 1.58 bits per heavy atom. The molecule has 2 aromatic rings. The molecule has 1 heterocycles. The molecule has 4 nitrogen and oxygen atoms in total. The Kier molecular flexibility index (Phi) is 4.88. The molecule has 5 heteroatoms. The predicted octanol–water partition coefficient (Wildman–Crippen LogP) is 4.78. The van der Waals surface area contributed by atoms with Crippen LogP contribution in [0.1, 0.15) is 45.6 Å². The van der Waals surface area contributed by atoms with Crippen LogP contribution in [0.15, 0.2) is 47.7 Å². The quantitative estimate of drug-likeness (QED) is 0.766. The lowest BCUT2D eigenvalue weighted by Gasteiger charge is -2.31. The number of aryl methyl sites for hydroxylation is 3. The van der Waals surface area contributed by atoms with Crippen LogP contribution in [0.5, 0.6) is 0 Å². The van der Waals surface area contributed by atoms with Crippen LogP contribution in [0.4, 0.5) is 4.79 Å². The van der Waals surface area contributed by atoms with Crippen LogP contribution in [-0.4, -0.2) is 11.8 Å². The zero-order valence-corrected chi connectivity index (χ0v) is 16.0. The minimum Gasteiger partial charge on any atom is -0.327 e. The second-order valence-electron chi connectivity index (χ2n) is 6.72. The van der Waals surface area contributed by atoms with E-state index in [1.54, 1.807) is 31.2 Å². The maximum atomic E-state index is 13.2. The number of urea groups is 1. The molecule has 2 amide bonds. The molecule has 0 saturated carbocycles. The standard InChI is InChI=1S/C21H21ClN2O2/c1-11-9-12(2)17(13(3)10-11)19-18(14(4)23-21(26)24-19)20(25)15-5-7-16(22)8-6-15/h5-10,19H,1-4H3,(H2,23,24,26). The van der Waals surface area contributed by atoms with Gasteiger partial charge >= 0.3 is 6.03 Å². The summed E-state index contributed by atoms with van der Waals surface area (Å²) in [6.45, 7) is 7.80. The molecule has 0 aromatic heterocycles. The summed E-state index contributed by atoms with van der Waals surface area (Å²) in [7, 11) is 0. The van der Waals surface area contributed by atoms with Crippen LogP contribution in [0.25, 0.3) is 0 Å². The van der Waals surface area contributed by atoms with Crippen molar-refractivity contribution in [2.75, 3.05) is 0 Å². The molecular weight excluding hydrogens is 348 g/mol. The first kappa shape index (κ1) is 18.2. The van der Waals surface area contributed by atoms with Crippen LogP contribution in [0.2, 0.25) is 5.02 Å². The van der Waals surface area contributed by atoms with E-state index < -0.39 is 6.04 Å². The highest BCUT2D eigenvalue weighted by atomic mass is 35.5. The van der Waals surface area contributed by atoms with Crippen molar-refractivity contribution in [3.05, 3.63) is 80.5 Å². The number of carbonyl (C=O) groups excluding carboxylic acids is 2. The van der Waals surface area contributed by atoms with Gasteiger partial charge in [0.05, 0.1) is 6.04 Å². The summed E-state index contributed by atoms with van der Waals surface area (Å²) < 4.78 is 0. The first-order chi connectivity index (χ1) is 12.3. The molecule has 0 saturated heterocycles. The molecule has 0 spiro atoms. The highest BCUT2D eigenvalue weighted by Crippen LogP contribution is 2.33. The summed E-state index contributed by atoms with van der Waals surface area (Å²) >= 11 is 5.94. The Morgan fingerprint density at radius 3 is 2.15 bits per heavy atom. The smallest absolute Gasteiger partial charge is 0.319 e. The number of allylic oxidation sites excluding steroid dienone is 1. The maximum Gasteiger partial charge on any atom is 0.319 e. The van der Waals surface area contributed by atoms with Crippen molar-refractivity contribution >= 4 is 23.4 Å². The Balaban J connectivity index is 2.14. The van der Waals surface area contributed by atoms with Gasteiger partial charge in [-0.25, -0.2) is 4.79 Å². The normalized spacial score (nSPS) is 17.0. The average molecular weight is 369 g/mol. The van der Waals surface area contributed by atoms with Crippen molar-refractivity contribution in [3.8, 4) is 0 Å². The molecule has 26 heavy (non-hydrogen) atoms. The van der Waals surface area contributed by atoms with E-state index in [1.165, 1.54) is 0 Å². The fourth-order valence-corrected chi connectivity index (χ4v) is 3.74. The van der Waals surface area contributed by atoms with Gasteiger partial charge in [0.1, 0.15) is 0 Å². The molecule has 0 bridgehead atoms. The van der Waals surface area contributed by atoms with Crippen molar-refractivity contribution in [3.63, 3.8) is 0 Å². The first-order valence-corrected chi connectivity index (χ1v) is 8.82. The van der Waals surface area contributed by atoms with Gasteiger partial charge < -0.3 is 10.6 Å². The first-order valence-electron chi connectivity index (χ1n) is 8.44. The molecule has 2 aromatic carbocycles. The van der Waals surface area contributed by atoms with E-state index in [0.29, 0.717) is 21.9 Å². The number of hydrogen-bond donors (Lipinski definition) is 2. The van der Waals surface area contributed by atoms with Gasteiger partial charge in [-0.3, -0.25) is 4.79 Å².